The van der Waals surface area contributed by atoms with Crippen LogP contribution in [0, 0.1) is 0 Å². The van der Waals surface area contributed by atoms with Crippen molar-refractivity contribution >= 4 is 17.1 Å². The maximum absolute atomic E-state index is 11.7. The number of hydrogen-bond donors (Lipinski definition) is 3. The topological polar surface area (TPSA) is 70.4 Å². The molecule has 4 heterocycles. The maximum atomic E-state index is 11.7. The fourth-order valence-electron chi connectivity index (χ4n) is 4.49. The predicted octanol–water partition coefficient (Wildman–Crippen LogP) is 3.27. The molecule has 2 aromatic heterocycles. The first kappa shape index (κ1) is 20.6. The first-order valence-corrected chi connectivity index (χ1v) is 11.3. The standard InChI is InChI=1S/C25H30N6O/c1-2-29-11-13-30(14-12-29)16-19-3-5-21(6-4-19)31-17-23-22(8-10-26-23)24(18-31)28-20-7-9-27-25(32)15-20/h3-10,15,18,26H,2,11-14,16-17H2,1H3,(H2,27,28,32). The summed E-state index contributed by atoms with van der Waals surface area (Å²) in [7, 11) is 0. The second-order valence-corrected chi connectivity index (χ2v) is 8.48. The fraction of sp³-hybridized carbons (Fsp3) is 0.320. The van der Waals surface area contributed by atoms with Gasteiger partial charge in [-0.15, -0.1) is 0 Å². The van der Waals surface area contributed by atoms with E-state index in [4.69, 9.17) is 0 Å². The zero-order valence-electron chi connectivity index (χ0n) is 18.5. The molecule has 3 aromatic rings. The van der Waals surface area contributed by atoms with Crippen molar-refractivity contribution < 1.29 is 0 Å². The molecule has 5 rings (SSSR count). The van der Waals surface area contributed by atoms with Crippen LogP contribution in [0.15, 0.2) is 65.9 Å². The minimum atomic E-state index is -0.121. The number of nitrogens with one attached hydrogen (secondary N) is 3. The first-order chi connectivity index (χ1) is 15.7. The van der Waals surface area contributed by atoms with Crippen LogP contribution in [0.2, 0.25) is 0 Å². The van der Waals surface area contributed by atoms with Gasteiger partial charge in [-0.2, -0.15) is 0 Å². The van der Waals surface area contributed by atoms with E-state index in [0.717, 1.165) is 74.1 Å². The van der Waals surface area contributed by atoms with Crippen LogP contribution in [0.4, 0.5) is 11.4 Å². The largest absolute Gasteiger partial charge is 0.363 e. The molecule has 7 heteroatoms. The lowest BCUT2D eigenvalue weighted by molar-refractivity contribution is 0.132. The highest BCUT2D eigenvalue weighted by Gasteiger charge is 2.20. The van der Waals surface area contributed by atoms with Gasteiger partial charge in [0.05, 0.1) is 12.2 Å². The van der Waals surface area contributed by atoms with Gasteiger partial charge < -0.3 is 25.1 Å². The normalized spacial score (nSPS) is 17.2. The van der Waals surface area contributed by atoms with Crippen LogP contribution in [-0.4, -0.2) is 52.5 Å². The molecule has 32 heavy (non-hydrogen) atoms. The van der Waals surface area contributed by atoms with E-state index in [9.17, 15) is 4.79 Å². The molecule has 0 bridgehead atoms. The monoisotopic (exact) mass is 430 g/mol. The molecule has 0 radical (unpaired) electrons. The van der Waals surface area contributed by atoms with Crippen LogP contribution in [-0.2, 0) is 13.1 Å². The molecule has 7 nitrogen and oxygen atoms in total. The van der Waals surface area contributed by atoms with E-state index in [1.54, 1.807) is 12.3 Å². The van der Waals surface area contributed by atoms with Gasteiger partial charge in [0, 0.05) is 80.0 Å². The van der Waals surface area contributed by atoms with E-state index in [2.05, 4.69) is 73.4 Å². The van der Waals surface area contributed by atoms with Crippen molar-refractivity contribution in [2.45, 2.75) is 20.0 Å². The smallest absolute Gasteiger partial charge is 0.249 e. The summed E-state index contributed by atoms with van der Waals surface area (Å²) < 4.78 is 0. The lowest BCUT2D eigenvalue weighted by atomic mass is 10.1. The summed E-state index contributed by atoms with van der Waals surface area (Å²) in [5, 5.41) is 3.41. The van der Waals surface area contributed by atoms with Crippen LogP contribution in [0.3, 0.4) is 0 Å². The van der Waals surface area contributed by atoms with Gasteiger partial charge >= 0.3 is 0 Å². The molecule has 2 aliphatic rings. The highest BCUT2D eigenvalue weighted by molar-refractivity contribution is 5.81. The van der Waals surface area contributed by atoms with E-state index in [1.807, 2.05) is 12.3 Å². The zero-order valence-corrected chi connectivity index (χ0v) is 18.5. The van der Waals surface area contributed by atoms with Gasteiger partial charge in [0.1, 0.15) is 0 Å². The summed E-state index contributed by atoms with van der Waals surface area (Å²) in [6.45, 7) is 9.76. The lowest BCUT2D eigenvalue weighted by Gasteiger charge is -2.34. The molecule has 0 amide bonds. The Morgan fingerprint density at radius 2 is 1.69 bits per heavy atom. The van der Waals surface area contributed by atoms with Crippen LogP contribution < -0.4 is 15.8 Å². The highest BCUT2D eigenvalue weighted by atomic mass is 16.1. The number of benzene rings is 1. The molecule has 1 saturated heterocycles. The summed E-state index contributed by atoms with van der Waals surface area (Å²) in [5.41, 5.74) is 6.40. The van der Waals surface area contributed by atoms with Gasteiger partial charge in [-0.1, -0.05) is 19.1 Å². The maximum Gasteiger partial charge on any atom is 0.249 e. The number of H-pyrrole nitrogens is 2. The number of piperazine rings is 1. The Balaban J connectivity index is 1.31. The second-order valence-electron chi connectivity index (χ2n) is 8.48. The van der Waals surface area contributed by atoms with Crippen LogP contribution >= 0.6 is 0 Å². The van der Waals surface area contributed by atoms with Crippen molar-refractivity contribution in [1.82, 2.24) is 19.8 Å². The molecule has 0 atom stereocenters. The molecule has 166 valence electrons. The van der Waals surface area contributed by atoms with Gasteiger partial charge in [-0.05, 0) is 36.4 Å². The van der Waals surface area contributed by atoms with Crippen molar-refractivity contribution in [2.24, 2.45) is 0 Å². The average molecular weight is 431 g/mol. The first-order valence-electron chi connectivity index (χ1n) is 11.3. The third-order valence-electron chi connectivity index (χ3n) is 6.38. The predicted molar refractivity (Wildman–Crippen MR) is 129 cm³/mol. The lowest BCUT2D eigenvalue weighted by Crippen LogP contribution is -2.45. The number of aromatic nitrogens is 2. The summed E-state index contributed by atoms with van der Waals surface area (Å²) in [6, 6.07) is 14.4. The summed E-state index contributed by atoms with van der Waals surface area (Å²) >= 11 is 0. The number of likely N-dealkylation sites (N-methyl/N-ethyl adjacent to an activating group) is 1. The molecule has 2 aliphatic heterocycles. The number of hydrogen-bond acceptors (Lipinski definition) is 5. The third kappa shape index (κ3) is 4.49. The van der Waals surface area contributed by atoms with Crippen molar-refractivity contribution in [3.63, 3.8) is 0 Å². The Morgan fingerprint density at radius 1 is 0.938 bits per heavy atom. The number of pyridine rings is 1. The quantitative estimate of drug-likeness (QED) is 0.560. The van der Waals surface area contributed by atoms with Gasteiger partial charge in [-0.25, -0.2) is 0 Å². The van der Waals surface area contributed by atoms with Crippen LogP contribution in [0.25, 0.3) is 5.70 Å². The average Bonchev–Trinajstić information content (AvgIpc) is 3.29. The fourth-order valence-corrected chi connectivity index (χ4v) is 4.49. The molecular weight excluding hydrogens is 400 g/mol. The summed E-state index contributed by atoms with van der Waals surface area (Å²) in [4.78, 5) is 25.0. The molecule has 0 aliphatic carbocycles. The zero-order chi connectivity index (χ0) is 21.9. The van der Waals surface area contributed by atoms with E-state index in [0.29, 0.717) is 0 Å². The summed E-state index contributed by atoms with van der Waals surface area (Å²) in [5.74, 6) is 0. The molecule has 1 fully saturated rings. The number of rotatable bonds is 6. The van der Waals surface area contributed by atoms with Crippen LogP contribution in [0.1, 0.15) is 23.7 Å². The van der Waals surface area contributed by atoms with Gasteiger partial charge in [0.15, 0.2) is 0 Å². The number of fused-ring (bicyclic) bond motifs is 1. The second kappa shape index (κ2) is 9.06. The Morgan fingerprint density at radius 3 is 2.44 bits per heavy atom. The molecule has 0 spiro atoms. The van der Waals surface area contributed by atoms with Crippen molar-refractivity contribution in [1.29, 1.82) is 0 Å². The molecule has 1 aromatic carbocycles. The molecular formula is C25H30N6O. The number of anilines is 2. The molecule has 0 unspecified atom stereocenters. The van der Waals surface area contributed by atoms with Gasteiger partial charge in [0.25, 0.3) is 0 Å². The highest BCUT2D eigenvalue weighted by Crippen LogP contribution is 2.30. The van der Waals surface area contributed by atoms with Crippen molar-refractivity contribution in [3.05, 3.63) is 88.2 Å². The number of nitrogens with zero attached hydrogens (tertiary/aromatic N) is 3. The van der Waals surface area contributed by atoms with E-state index in [1.165, 1.54) is 5.56 Å². The van der Waals surface area contributed by atoms with Crippen molar-refractivity contribution in [2.75, 3.05) is 42.9 Å². The minimum Gasteiger partial charge on any atom is -0.363 e. The van der Waals surface area contributed by atoms with E-state index < -0.39 is 0 Å². The Labute approximate surface area is 188 Å². The van der Waals surface area contributed by atoms with Crippen LogP contribution in [0.5, 0.6) is 0 Å². The Kier molecular flexibility index (Phi) is 5.83. The van der Waals surface area contributed by atoms with Crippen molar-refractivity contribution in [3.8, 4) is 0 Å². The SMILES string of the molecule is CCN1CCN(Cc2ccc(N3C=C(Nc4cc[nH]c(=O)c4)c4cc[nH]c4C3)cc2)CC1. The summed E-state index contributed by atoms with van der Waals surface area (Å²) in [6.07, 6.45) is 5.74. The minimum absolute atomic E-state index is 0.121. The van der Waals surface area contributed by atoms with Gasteiger partial charge in [0.2, 0.25) is 5.56 Å². The van der Waals surface area contributed by atoms with E-state index in [-0.39, 0.29) is 5.56 Å². The molecule has 3 N–H and O–H groups in total. The Bertz CT molecular complexity index is 1140. The Hall–Kier alpha value is -3.29. The van der Waals surface area contributed by atoms with Gasteiger partial charge in [-0.3, -0.25) is 9.69 Å². The third-order valence-corrected chi connectivity index (χ3v) is 6.38. The molecule has 0 saturated carbocycles. The van der Waals surface area contributed by atoms with E-state index >= 15 is 0 Å². The number of aromatic amines is 2.